The lowest BCUT2D eigenvalue weighted by molar-refractivity contribution is 0.0528. The van der Waals surface area contributed by atoms with Gasteiger partial charge in [0.1, 0.15) is 0 Å². The van der Waals surface area contributed by atoms with Crippen LogP contribution in [0.5, 0.6) is 0 Å². The molecule has 1 rings (SSSR count). The van der Waals surface area contributed by atoms with E-state index in [-0.39, 0.29) is 0 Å². The molecule has 0 aromatic carbocycles. The van der Waals surface area contributed by atoms with Crippen molar-refractivity contribution in [3.63, 3.8) is 0 Å². The van der Waals surface area contributed by atoms with Crippen LogP contribution in [0.1, 0.15) is 33.6 Å². The minimum Gasteiger partial charge on any atom is -0.381 e. The van der Waals surface area contributed by atoms with E-state index in [1.54, 1.807) is 0 Å². The molecule has 102 valence electrons. The van der Waals surface area contributed by atoms with E-state index in [4.69, 9.17) is 4.74 Å². The zero-order valence-corrected chi connectivity index (χ0v) is 12.3. The Morgan fingerprint density at radius 2 is 1.88 bits per heavy atom. The largest absolute Gasteiger partial charge is 0.381 e. The van der Waals surface area contributed by atoms with Gasteiger partial charge in [-0.05, 0) is 38.3 Å². The third-order valence-corrected chi connectivity index (χ3v) is 3.80. The molecular weight excluding hydrogens is 212 g/mol. The molecule has 0 aromatic rings. The highest BCUT2D eigenvalue weighted by Crippen LogP contribution is 2.21. The molecule has 0 aliphatic carbocycles. The van der Waals surface area contributed by atoms with E-state index < -0.39 is 0 Å². The van der Waals surface area contributed by atoms with Crippen LogP contribution in [0.15, 0.2) is 0 Å². The zero-order chi connectivity index (χ0) is 12.9. The molecule has 1 aliphatic heterocycles. The molecule has 0 spiro atoms. The summed E-state index contributed by atoms with van der Waals surface area (Å²) >= 11 is 0. The minimum absolute atomic E-state index is 0.318. The summed E-state index contributed by atoms with van der Waals surface area (Å²) < 4.78 is 5.41. The number of nitrogens with zero attached hydrogens (tertiary/aromatic N) is 1. The van der Waals surface area contributed by atoms with Crippen molar-refractivity contribution >= 4 is 0 Å². The zero-order valence-electron chi connectivity index (χ0n) is 12.3. The van der Waals surface area contributed by atoms with E-state index in [0.717, 1.165) is 25.7 Å². The lowest BCUT2D eigenvalue weighted by Crippen LogP contribution is -2.47. The quantitative estimate of drug-likeness (QED) is 0.798. The van der Waals surface area contributed by atoms with Crippen LogP contribution in [-0.4, -0.2) is 51.3 Å². The van der Waals surface area contributed by atoms with E-state index in [1.165, 1.54) is 19.4 Å². The van der Waals surface area contributed by atoms with Gasteiger partial charge in [-0.1, -0.05) is 20.8 Å². The summed E-state index contributed by atoms with van der Waals surface area (Å²) in [5.41, 5.74) is 0.318. The van der Waals surface area contributed by atoms with Gasteiger partial charge >= 0.3 is 0 Å². The van der Waals surface area contributed by atoms with Gasteiger partial charge in [0.2, 0.25) is 0 Å². The molecule has 1 unspecified atom stereocenters. The standard InChI is InChI=1S/C14H30N2O/c1-14(2,3)13(15-4)11-16(5)10-12-6-8-17-9-7-12/h12-13,15H,6-11H2,1-5H3. The first-order valence-corrected chi connectivity index (χ1v) is 6.87. The summed E-state index contributed by atoms with van der Waals surface area (Å²) in [5.74, 6) is 0.825. The molecule has 3 heteroatoms. The molecule has 3 nitrogen and oxygen atoms in total. The Balaban J connectivity index is 2.34. The average molecular weight is 242 g/mol. The predicted octanol–water partition coefficient (Wildman–Crippen LogP) is 1.98. The van der Waals surface area contributed by atoms with Gasteiger partial charge < -0.3 is 15.0 Å². The highest BCUT2D eigenvalue weighted by atomic mass is 16.5. The summed E-state index contributed by atoms with van der Waals surface area (Å²) in [6.45, 7) is 11.1. The van der Waals surface area contributed by atoms with E-state index in [1.807, 2.05) is 0 Å². The molecular formula is C14H30N2O. The summed E-state index contributed by atoms with van der Waals surface area (Å²) in [6, 6.07) is 0.548. The monoisotopic (exact) mass is 242 g/mol. The van der Waals surface area contributed by atoms with Crippen LogP contribution in [0.25, 0.3) is 0 Å². The number of likely N-dealkylation sites (N-methyl/N-ethyl adjacent to an activating group) is 2. The van der Waals surface area contributed by atoms with Crippen molar-refractivity contribution in [2.24, 2.45) is 11.3 Å². The molecule has 0 aromatic heterocycles. The predicted molar refractivity (Wildman–Crippen MR) is 73.3 cm³/mol. The van der Waals surface area contributed by atoms with E-state index in [0.29, 0.717) is 11.5 Å². The lowest BCUT2D eigenvalue weighted by Gasteiger charge is -2.35. The Morgan fingerprint density at radius 1 is 1.29 bits per heavy atom. The minimum atomic E-state index is 0.318. The smallest absolute Gasteiger partial charge is 0.0469 e. The second kappa shape index (κ2) is 6.72. The molecule has 0 amide bonds. The van der Waals surface area contributed by atoms with Gasteiger partial charge in [0.15, 0.2) is 0 Å². The maximum Gasteiger partial charge on any atom is 0.0469 e. The third kappa shape index (κ3) is 5.36. The summed E-state index contributed by atoms with van der Waals surface area (Å²) in [7, 11) is 4.31. The Labute approximate surface area is 107 Å². The fourth-order valence-corrected chi connectivity index (χ4v) is 2.55. The van der Waals surface area contributed by atoms with E-state index in [9.17, 15) is 0 Å². The van der Waals surface area contributed by atoms with Gasteiger partial charge in [0.25, 0.3) is 0 Å². The number of hydrogen-bond acceptors (Lipinski definition) is 3. The maximum atomic E-state index is 5.41. The molecule has 0 radical (unpaired) electrons. The van der Waals surface area contributed by atoms with Crippen molar-refractivity contribution in [2.75, 3.05) is 40.4 Å². The highest BCUT2D eigenvalue weighted by molar-refractivity contribution is 4.82. The molecule has 1 atom stereocenters. The Morgan fingerprint density at radius 3 is 2.35 bits per heavy atom. The Hall–Kier alpha value is -0.120. The van der Waals surface area contributed by atoms with Crippen molar-refractivity contribution in [2.45, 2.75) is 39.7 Å². The Bertz CT molecular complexity index is 207. The molecule has 1 saturated heterocycles. The number of hydrogen-bond donors (Lipinski definition) is 1. The SMILES string of the molecule is CNC(CN(C)CC1CCOCC1)C(C)(C)C. The Kier molecular flexibility index (Phi) is 5.90. The van der Waals surface area contributed by atoms with Crippen molar-refractivity contribution in [1.82, 2.24) is 10.2 Å². The summed E-state index contributed by atoms with van der Waals surface area (Å²) in [5, 5.41) is 3.44. The molecule has 0 bridgehead atoms. The first kappa shape index (κ1) is 14.9. The van der Waals surface area contributed by atoms with Crippen molar-refractivity contribution in [1.29, 1.82) is 0 Å². The first-order valence-electron chi connectivity index (χ1n) is 6.87. The second-order valence-corrected chi connectivity index (χ2v) is 6.48. The summed E-state index contributed by atoms with van der Waals surface area (Å²) in [6.07, 6.45) is 2.45. The van der Waals surface area contributed by atoms with Crippen LogP contribution in [-0.2, 0) is 4.74 Å². The normalized spacial score (nSPS) is 20.8. The average Bonchev–Trinajstić information content (AvgIpc) is 2.25. The van der Waals surface area contributed by atoms with Gasteiger partial charge in [0.05, 0.1) is 0 Å². The highest BCUT2D eigenvalue weighted by Gasteiger charge is 2.25. The van der Waals surface area contributed by atoms with Crippen LogP contribution in [0.4, 0.5) is 0 Å². The second-order valence-electron chi connectivity index (χ2n) is 6.48. The fourth-order valence-electron chi connectivity index (χ4n) is 2.55. The first-order chi connectivity index (χ1) is 7.93. The van der Waals surface area contributed by atoms with E-state index in [2.05, 4.69) is 45.1 Å². The van der Waals surface area contributed by atoms with Crippen LogP contribution < -0.4 is 5.32 Å². The van der Waals surface area contributed by atoms with Gasteiger partial charge in [-0.15, -0.1) is 0 Å². The molecule has 0 saturated carbocycles. The van der Waals surface area contributed by atoms with Gasteiger partial charge in [-0.25, -0.2) is 0 Å². The molecule has 1 fully saturated rings. The lowest BCUT2D eigenvalue weighted by atomic mass is 9.86. The van der Waals surface area contributed by atoms with Gasteiger partial charge in [0, 0.05) is 32.3 Å². The van der Waals surface area contributed by atoms with Crippen molar-refractivity contribution < 1.29 is 4.74 Å². The molecule has 17 heavy (non-hydrogen) atoms. The molecule has 1 N–H and O–H groups in total. The van der Waals surface area contributed by atoms with Crippen molar-refractivity contribution in [3.05, 3.63) is 0 Å². The number of nitrogens with one attached hydrogen (secondary N) is 1. The van der Waals surface area contributed by atoms with Crippen LogP contribution >= 0.6 is 0 Å². The maximum absolute atomic E-state index is 5.41. The molecule has 1 aliphatic rings. The van der Waals surface area contributed by atoms with Crippen LogP contribution in [0, 0.1) is 11.3 Å². The van der Waals surface area contributed by atoms with Crippen molar-refractivity contribution in [3.8, 4) is 0 Å². The summed E-state index contributed by atoms with van der Waals surface area (Å²) in [4.78, 5) is 2.47. The topological polar surface area (TPSA) is 24.5 Å². The van der Waals surface area contributed by atoms with Gasteiger partial charge in [-0.2, -0.15) is 0 Å². The van der Waals surface area contributed by atoms with Gasteiger partial charge in [-0.3, -0.25) is 0 Å². The van der Waals surface area contributed by atoms with E-state index >= 15 is 0 Å². The third-order valence-electron chi connectivity index (χ3n) is 3.80. The van der Waals surface area contributed by atoms with Crippen LogP contribution in [0.2, 0.25) is 0 Å². The van der Waals surface area contributed by atoms with Crippen LogP contribution in [0.3, 0.4) is 0 Å². The number of rotatable bonds is 5. The number of ether oxygens (including phenoxy) is 1. The fraction of sp³-hybridized carbons (Fsp3) is 1.00. The molecule has 1 heterocycles.